The van der Waals surface area contributed by atoms with Crippen molar-refractivity contribution >= 4 is 23.4 Å². The van der Waals surface area contributed by atoms with E-state index in [-0.39, 0.29) is 11.4 Å². The van der Waals surface area contributed by atoms with Gasteiger partial charge in [-0.05, 0) is 36.4 Å². The van der Waals surface area contributed by atoms with Crippen LogP contribution in [0, 0.1) is 0 Å². The Morgan fingerprint density at radius 3 is 1.27 bits per heavy atom. The van der Waals surface area contributed by atoms with Crippen molar-refractivity contribution in [3.05, 3.63) is 59.7 Å². The van der Waals surface area contributed by atoms with Crippen LogP contribution in [0.1, 0.15) is 11.1 Å². The summed E-state index contributed by atoms with van der Waals surface area (Å²) in [6.45, 7) is 0. The van der Waals surface area contributed by atoms with E-state index in [0.29, 0.717) is 21.9 Å². The highest BCUT2D eigenvalue weighted by molar-refractivity contribution is 6.41. The van der Waals surface area contributed by atoms with E-state index in [2.05, 4.69) is 0 Å². The average molecular weight is 374 g/mol. The Morgan fingerprint density at radius 1 is 0.615 bits per heavy atom. The number of hydrogen-bond donors (Lipinski definition) is 0. The van der Waals surface area contributed by atoms with E-state index in [1.54, 1.807) is 0 Å². The Kier molecular flexibility index (Phi) is 3.93. The van der Waals surface area contributed by atoms with Gasteiger partial charge in [0.1, 0.15) is 0 Å². The lowest BCUT2D eigenvalue weighted by molar-refractivity contribution is -0.138. The molecule has 3 rings (SSSR count). The summed E-state index contributed by atoms with van der Waals surface area (Å²) < 4.78 is 76.4. The third-order valence-corrected chi connectivity index (χ3v) is 3.63. The highest BCUT2D eigenvalue weighted by atomic mass is 19.4. The molecule has 1 aliphatic rings. The molecule has 1 aliphatic heterocycles. The van der Waals surface area contributed by atoms with E-state index in [0.717, 1.165) is 36.4 Å². The third-order valence-electron chi connectivity index (χ3n) is 3.63. The predicted octanol–water partition coefficient (Wildman–Crippen LogP) is 5.29. The number of carbonyl (C=O) groups excluding carboxylic acids is 2. The van der Waals surface area contributed by atoms with E-state index in [1.165, 1.54) is 0 Å². The second-order valence-corrected chi connectivity index (χ2v) is 5.33. The van der Waals surface area contributed by atoms with Crippen molar-refractivity contribution in [2.24, 2.45) is 0 Å². The fourth-order valence-electron chi connectivity index (χ4n) is 2.40. The summed E-state index contributed by atoms with van der Waals surface area (Å²) in [7, 11) is 0. The zero-order valence-corrected chi connectivity index (χ0v) is 12.6. The number of imide groups is 2. The Morgan fingerprint density at radius 2 is 0.962 bits per heavy atom. The van der Waals surface area contributed by atoms with Gasteiger partial charge >= 0.3 is 24.4 Å². The van der Waals surface area contributed by atoms with Gasteiger partial charge in [0.25, 0.3) is 0 Å². The SMILES string of the molecule is O=C1N(c2cccc(C(F)(F)F)c2)C(=O)N1c1cccc(C(F)(F)F)c1. The average Bonchev–Trinajstić information content (AvgIpc) is 2.54. The first-order valence-electron chi connectivity index (χ1n) is 7.03. The number of nitrogens with zero attached hydrogens (tertiary/aromatic N) is 2. The van der Waals surface area contributed by atoms with Crippen molar-refractivity contribution in [1.82, 2.24) is 0 Å². The van der Waals surface area contributed by atoms with Crippen molar-refractivity contribution in [2.45, 2.75) is 12.4 Å². The topological polar surface area (TPSA) is 40.6 Å². The van der Waals surface area contributed by atoms with Gasteiger partial charge in [-0.15, -0.1) is 0 Å². The van der Waals surface area contributed by atoms with Crippen LogP contribution in [0.25, 0.3) is 0 Å². The predicted molar refractivity (Wildman–Crippen MR) is 78.6 cm³/mol. The highest BCUT2D eigenvalue weighted by Gasteiger charge is 2.47. The molecule has 26 heavy (non-hydrogen) atoms. The monoisotopic (exact) mass is 374 g/mol. The Bertz CT molecular complexity index is 805. The largest absolute Gasteiger partial charge is 0.416 e. The van der Waals surface area contributed by atoms with Gasteiger partial charge in [0.05, 0.1) is 22.5 Å². The summed E-state index contributed by atoms with van der Waals surface area (Å²) in [6.07, 6.45) is -9.35. The molecule has 1 fully saturated rings. The molecule has 1 saturated heterocycles. The van der Waals surface area contributed by atoms with Crippen LogP contribution in [-0.4, -0.2) is 12.1 Å². The molecule has 10 heteroatoms. The molecule has 0 spiro atoms. The number of urea groups is 2. The molecule has 0 N–H and O–H groups in total. The van der Waals surface area contributed by atoms with Crippen LogP contribution in [0.15, 0.2) is 48.5 Å². The lowest BCUT2D eigenvalue weighted by Crippen LogP contribution is -2.65. The number of carbonyl (C=O) groups is 2. The second kappa shape index (κ2) is 5.75. The number of alkyl halides is 6. The molecule has 4 nitrogen and oxygen atoms in total. The molecule has 0 unspecified atom stereocenters. The Balaban J connectivity index is 1.90. The Labute approximate surface area is 142 Å². The molecule has 2 aromatic carbocycles. The summed E-state index contributed by atoms with van der Waals surface area (Å²) >= 11 is 0. The minimum atomic E-state index is -4.67. The van der Waals surface area contributed by atoms with Crippen LogP contribution in [0.3, 0.4) is 0 Å². The van der Waals surface area contributed by atoms with E-state index in [1.807, 2.05) is 0 Å². The fraction of sp³-hybridized carbons (Fsp3) is 0.125. The van der Waals surface area contributed by atoms with E-state index in [4.69, 9.17) is 0 Å². The van der Waals surface area contributed by atoms with Crippen LogP contribution in [0.2, 0.25) is 0 Å². The van der Waals surface area contributed by atoms with Gasteiger partial charge in [0.2, 0.25) is 0 Å². The van der Waals surface area contributed by atoms with Gasteiger partial charge in [-0.3, -0.25) is 0 Å². The molecule has 0 atom stereocenters. The maximum Gasteiger partial charge on any atom is 0.416 e. The van der Waals surface area contributed by atoms with Crippen molar-refractivity contribution in [1.29, 1.82) is 0 Å². The van der Waals surface area contributed by atoms with Gasteiger partial charge in [0, 0.05) is 0 Å². The highest BCUT2D eigenvalue weighted by Crippen LogP contribution is 2.37. The van der Waals surface area contributed by atoms with E-state index in [9.17, 15) is 35.9 Å². The maximum atomic E-state index is 12.7. The minimum Gasteiger partial charge on any atom is -0.246 e. The van der Waals surface area contributed by atoms with Gasteiger partial charge < -0.3 is 0 Å². The number of amides is 4. The second-order valence-electron chi connectivity index (χ2n) is 5.33. The number of rotatable bonds is 2. The van der Waals surface area contributed by atoms with Crippen LogP contribution >= 0.6 is 0 Å². The summed E-state index contributed by atoms with van der Waals surface area (Å²) in [5.41, 5.74) is -2.77. The summed E-state index contributed by atoms with van der Waals surface area (Å²) in [5.74, 6) is 0. The number of benzene rings is 2. The zero-order valence-electron chi connectivity index (χ0n) is 12.6. The summed E-state index contributed by atoms with van der Waals surface area (Å²) in [5, 5.41) is 0. The molecular formula is C16H8F6N2O2. The molecule has 0 aromatic heterocycles. The van der Waals surface area contributed by atoms with Crippen LogP contribution in [0.5, 0.6) is 0 Å². The van der Waals surface area contributed by atoms with Crippen LogP contribution in [-0.2, 0) is 12.4 Å². The van der Waals surface area contributed by atoms with Gasteiger partial charge in [0.15, 0.2) is 0 Å². The molecule has 2 aromatic rings. The first kappa shape index (κ1) is 17.8. The number of halogens is 6. The number of hydrogen-bond acceptors (Lipinski definition) is 2. The molecule has 0 bridgehead atoms. The standard InChI is InChI=1S/C16H8F6N2O2/c17-15(18,19)9-3-1-5-11(7-9)23-13(25)24(14(23)26)12-6-2-4-10(8-12)16(20,21)22/h1-8H. The zero-order chi connectivity index (χ0) is 19.3. The first-order valence-corrected chi connectivity index (χ1v) is 7.03. The fourth-order valence-corrected chi connectivity index (χ4v) is 2.40. The van der Waals surface area contributed by atoms with Crippen LogP contribution in [0.4, 0.5) is 47.3 Å². The Hall–Kier alpha value is -3.04. The lowest BCUT2D eigenvalue weighted by Gasteiger charge is -2.39. The molecule has 1 heterocycles. The quantitative estimate of drug-likeness (QED) is 0.670. The van der Waals surface area contributed by atoms with Crippen molar-refractivity contribution < 1.29 is 35.9 Å². The molecule has 0 saturated carbocycles. The molecule has 136 valence electrons. The maximum absolute atomic E-state index is 12.7. The lowest BCUT2D eigenvalue weighted by atomic mass is 10.1. The van der Waals surface area contributed by atoms with Gasteiger partial charge in [-0.2, -0.15) is 26.3 Å². The summed E-state index contributed by atoms with van der Waals surface area (Å²) in [6, 6.07) is 4.94. The molecule has 0 aliphatic carbocycles. The van der Waals surface area contributed by atoms with Gasteiger partial charge in [-0.25, -0.2) is 19.4 Å². The molecule has 0 radical (unpaired) electrons. The minimum absolute atomic E-state index is 0.321. The molecular weight excluding hydrogens is 366 g/mol. The van der Waals surface area contributed by atoms with Crippen molar-refractivity contribution in [2.75, 3.05) is 9.80 Å². The first-order chi connectivity index (χ1) is 12.0. The smallest absolute Gasteiger partial charge is 0.246 e. The third kappa shape index (κ3) is 2.98. The van der Waals surface area contributed by atoms with Gasteiger partial charge in [-0.1, -0.05) is 12.1 Å². The number of anilines is 2. The molecule has 4 amide bonds. The summed E-state index contributed by atoms with van der Waals surface area (Å²) in [4.78, 5) is 25.2. The van der Waals surface area contributed by atoms with Crippen molar-refractivity contribution in [3.8, 4) is 0 Å². The van der Waals surface area contributed by atoms with Crippen LogP contribution < -0.4 is 9.80 Å². The van der Waals surface area contributed by atoms with E-state index >= 15 is 0 Å². The van der Waals surface area contributed by atoms with Crippen molar-refractivity contribution in [3.63, 3.8) is 0 Å². The normalized spacial score (nSPS) is 15.3. The van der Waals surface area contributed by atoms with E-state index < -0.39 is 35.5 Å².